The van der Waals surface area contributed by atoms with Crippen molar-refractivity contribution in [3.05, 3.63) is 59.9 Å². The number of morpholine rings is 1. The molecule has 10 heteroatoms. The number of alkyl halides is 3. The third-order valence-electron chi connectivity index (χ3n) is 5.36. The number of thioether (sulfide) groups is 1. The lowest BCUT2D eigenvalue weighted by Gasteiger charge is -2.33. The number of benzene rings is 1. The van der Waals surface area contributed by atoms with Crippen LogP contribution in [0.2, 0.25) is 0 Å². The van der Waals surface area contributed by atoms with Crippen molar-refractivity contribution < 1.29 is 17.9 Å². The first-order valence-corrected chi connectivity index (χ1v) is 11.3. The molecule has 1 aliphatic rings. The summed E-state index contributed by atoms with van der Waals surface area (Å²) in [7, 11) is 1.95. The second kappa shape index (κ2) is 10.0. The fraction of sp³-hybridized carbons (Fsp3) is 0.409. The number of hydrogen-bond donors (Lipinski definition) is 0. The topological polar surface area (TPSA) is 56.1 Å². The molecule has 3 heterocycles. The highest BCUT2D eigenvalue weighted by molar-refractivity contribution is 7.99. The van der Waals surface area contributed by atoms with E-state index >= 15 is 0 Å². The van der Waals surface area contributed by atoms with Crippen LogP contribution in [0.1, 0.15) is 23.7 Å². The van der Waals surface area contributed by atoms with Crippen LogP contribution in [0.15, 0.2) is 53.9 Å². The first-order chi connectivity index (χ1) is 15.4. The van der Waals surface area contributed by atoms with Gasteiger partial charge in [0.05, 0.1) is 18.3 Å². The van der Waals surface area contributed by atoms with E-state index < -0.39 is 11.7 Å². The van der Waals surface area contributed by atoms with E-state index in [2.05, 4.69) is 20.1 Å². The van der Waals surface area contributed by atoms with E-state index in [1.807, 2.05) is 23.7 Å². The molecule has 1 saturated heterocycles. The average molecular weight is 464 g/mol. The average Bonchev–Trinajstić information content (AvgIpc) is 3.17. The van der Waals surface area contributed by atoms with Gasteiger partial charge in [-0.25, -0.2) is 0 Å². The summed E-state index contributed by atoms with van der Waals surface area (Å²) < 4.78 is 46.1. The molecule has 1 atom stereocenters. The van der Waals surface area contributed by atoms with Gasteiger partial charge in [-0.2, -0.15) is 13.2 Å². The van der Waals surface area contributed by atoms with Gasteiger partial charge < -0.3 is 9.30 Å². The first kappa shape index (κ1) is 22.8. The minimum atomic E-state index is -4.32. The van der Waals surface area contributed by atoms with Gasteiger partial charge in [0, 0.05) is 43.8 Å². The maximum Gasteiger partial charge on any atom is 0.416 e. The summed E-state index contributed by atoms with van der Waals surface area (Å²) in [6.45, 7) is 2.94. The van der Waals surface area contributed by atoms with E-state index in [1.54, 1.807) is 24.2 Å². The van der Waals surface area contributed by atoms with Gasteiger partial charge >= 0.3 is 6.18 Å². The van der Waals surface area contributed by atoms with Crippen LogP contribution in [0.3, 0.4) is 0 Å². The van der Waals surface area contributed by atoms with Crippen molar-refractivity contribution in [2.75, 3.05) is 32.0 Å². The first-order valence-electron chi connectivity index (χ1n) is 10.4. The lowest BCUT2D eigenvalue weighted by atomic mass is 10.1. The fourth-order valence-electron chi connectivity index (χ4n) is 3.63. The molecule has 1 aliphatic heterocycles. The Morgan fingerprint density at radius 2 is 1.97 bits per heavy atom. The van der Waals surface area contributed by atoms with Crippen molar-refractivity contribution in [2.24, 2.45) is 7.05 Å². The SMILES string of the molecule is Cn1c(SCCCN2CCOC(c3ccc(C(F)(F)F)cc3)C2)nnc1-c1cccnc1. The lowest BCUT2D eigenvalue weighted by molar-refractivity contribution is -0.137. The molecule has 0 radical (unpaired) electrons. The smallest absolute Gasteiger partial charge is 0.371 e. The number of rotatable bonds is 7. The summed E-state index contributed by atoms with van der Waals surface area (Å²) in [6.07, 6.45) is -0.0800. The molecule has 1 unspecified atom stereocenters. The van der Waals surface area contributed by atoms with Crippen LogP contribution in [-0.4, -0.2) is 56.6 Å². The molecular formula is C22H24F3N5OS. The minimum absolute atomic E-state index is 0.209. The Morgan fingerprint density at radius 1 is 1.16 bits per heavy atom. The molecule has 0 N–H and O–H groups in total. The van der Waals surface area contributed by atoms with Crippen LogP contribution < -0.4 is 0 Å². The molecule has 0 bridgehead atoms. The highest BCUT2D eigenvalue weighted by Crippen LogP contribution is 2.31. The van der Waals surface area contributed by atoms with Crippen LogP contribution in [0, 0.1) is 0 Å². The van der Waals surface area contributed by atoms with Gasteiger partial charge in [-0.1, -0.05) is 23.9 Å². The molecule has 3 aromatic rings. The van der Waals surface area contributed by atoms with Crippen molar-refractivity contribution in [1.82, 2.24) is 24.6 Å². The summed E-state index contributed by atoms with van der Waals surface area (Å²) in [4.78, 5) is 6.42. The zero-order chi connectivity index (χ0) is 22.6. The summed E-state index contributed by atoms with van der Waals surface area (Å²) in [5, 5.41) is 9.42. The van der Waals surface area contributed by atoms with Crippen LogP contribution in [0.4, 0.5) is 13.2 Å². The summed E-state index contributed by atoms with van der Waals surface area (Å²) in [6, 6.07) is 9.10. The molecule has 170 valence electrons. The third-order valence-corrected chi connectivity index (χ3v) is 6.47. The van der Waals surface area contributed by atoms with Crippen LogP contribution in [-0.2, 0) is 18.0 Å². The summed E-state index contributed by atoms with van der Waals surface area (Å²) in [5.41, 5.74) is 1.07. The lowest BCUT2D eigenvalue weighted by Crippen LogP contribution is -2.39. The fourth-order valence-corrected chi connectivity index (χ4v) is 4.47. The van der Waals surface area contributed by atoms with Crippen molar-refractivity contribution in [3.8, 4) is 11.4 Å². The van der Waals surface area contributed by atoms with Crippen LogP contribution in [0.5, 0.6) is 0 Å². The quantitative estimate of drug-likeness (QED) is 0.381. The number of halogens is 3. The normalized spacial score (nSPS) is 17.6. The standard InChI is InChI=1S/C22H24F3N5OS/c1-29-20(17-4-2-9-26-14-17)27-28-21(29)32-13-3-10-30-11-12-31-19(15-30)16-5-7-18(8-6-16)22(23,24)25/h2,4-9,14,19H,3,10-13,15H2,1H3. The predicted octanol–water partition coefficient (Wildman–Crippen LogP) is 4.45. The number of ether oxygens (including phenoxy) is 1. The molecule has 0 saturated carbocycles. The zero-order valence-electron chi connectivity index (χ0n) is 17.6. The molecule has 0 aliphatic carbocycles. The van der Waals surface area contributed by atoms with Crippen molar-refractivity contribution in [1.29, 1.82) is 0 Å². The number of pyridine rings is 1. The Balaban J connectivity index is 1.26. The van der Waals surface area contributed by atoms with E-state index in [-0.39, 0.29) is 6.10 Å². The zero-order valence-corrected chi connectivity index (χ0v) is 18.4. The minimum Gasteiger partial charge on any atom is -0.371 e. The number of nitrogens with zero attached hydrogens (tertiary/aromatic N) is 5. The van der Waals surface area contributed by atoms with Crippen molar-refractivity contribution in [2.45, 2.75) is 23.9 Å². The number of aromatic nitrogens is 4. The number of hydrogen-bond acceptors (Lipinski definition) is 6. The van der Waals surface area contributed by atoms with E-state index in [4.69, 9.17) is 4.74 Å². The Morgan fingerprint density at radius 3 is 2.69 bits per heavy atom. The van der Waals surface area contributed by atoms with Crippen molar-refractivity contribution >= 4 is 11.8 Å². The van der Waals surface area contributed by atoms with Crippen LogP contribution in [0.25, 0.3) is 11.4 Å². The highest BCUT2D eigenvalue weighted by atomic mass is 32.2. The maximum absolute atomic E-state index is 12.8. The molecule has 0 amide bonds. The molecule has 2 aromatic heterocycles. The molecule has 4 rings (SSSR count). The van der Waals surface area contributed by atoms with E-state index in [0.29, 0.717) is 13.2 Å². The Bertz CT molecular complexity index is 1010. The molecule has 32 heavy (non-hydrogen) atoms. The third kappa shape index (κ3) is 5.48. The van der Waals surface area contributed by atoms with E-state index in [9.17, 15) is 13.2 Å². The Labute approximate surface area is 188 Å². The second-order valence-corrected chi connectivity index (χ2v) is 8.65. The van der Waals surface area contributed by atoms with Gasteiger partial charge in [0.25, 0.3) is 0 Å². The maximum atomic E-state index is 12.8. The summed E-state index contributed by atoms with van der Waals surface area (Å²) in [5.74, 6) is 1.68. The Kier molecular flexibility index (Phi) is 7.12. The molecule has 0 spiro atoms. The van der Waals surface area contributed by atoms with E-state index in [0.717, 1.165) is 59.5 Å². The Hall–Kier alpha value is -2.43. The highest BCUT2D eigenvalue weighted by Gasteiger charge is 2.30. The molecule has 1 aromatic carbocycles. The molecular weight excluding hydrogens is 439 g/mol. The monoisotopic (exact) mass is 463 g/mol. The van der Waals surface area contributed by atoms with Gasteiger partial charge in [0.15, 0.2) is 11.0 Å². The second-order valence-electron chi connectivity index (χ2n) is 7.59. The van der Waals surface area contributed by atoms with Gasteiger partial charge in [-0.15, -0.1) is 10.2 Å². The van der Waals surface area contributed by atoms with Gasteiger partial charge in [-0.3, -0.25) is 9.88 Å². The van der Waals surface area contributed by atoms with Gasteiger partial charge in [0.2, 0.25) is 0 Å². The van der Waals surface area contributed by atoms with E-state index in [1.165, 1.54) is 12.1 Å². The largest absolute Gasteiger partial charge is 0.416 e. The predicted molar refractivity (Wildman–Crippen MR) is 116 cm³/mol. The summed E-state index contributed by atoms with van der Waals surface area (Å²) >= 11 is 1.66. The molecule has 6 nitrogen and oxygen atoms in total. The molecule has 1 fully saturated rings. The van der Waals surface area contributed by atoms with Crippen LogP contribution >= 0.6 is 11.8 Å². The van der Waals surface area contributed by atoms with Gasteiger partial charge in [0.1, 0.15) is 0 Å². The van der Waals surface area contributed by atoms with Crippen molar-refractivity contribution in [3.63, 3.8) is 0 Å². The van der Waals surface area contributed by atoms with Gasteiger partial charge in [-0.05, 0) is 42.8 Å².